The van der Waals surface area contributed by atoms with Gasteiger partial charge in [-0.2, -0.15) is 0 Å². The van der Waals surface area contributed by atoms with Crippen LogP contribution in [0.3, 0.4) is 0 Å². The third-order valence-electron chi connectivity index (χ3n) is 4.87. The Morgan fingerprint density at radius 3 is 2.67 bits per heavy atom. The second-order valence-corrected chi connectivity index (χ2v) is 7.97. The zero-order valence-corrected chi connectivity index (χ0v) is 19.5. The minimum atomic E-state index is 0. The van der Waals surface area contributed by atoms with E-state index in [1.165, 1.54) is 24.1 Å². The van der Waals surface area contributed by atoms with Crippen molar-refractivity contribution in [1.29, 1.82) is 0 Å². The molecule has 150 valence electrons. The molecule has 3 rings (SSSR count). The van der Waals surface area contributed by atoms with Crippen LogP contribution in [0.5, 0.6) is 0 Å². The number of hydrogen-bond donors (Lipinski definition) is 2. The summed E-state index contributed by atoms with van der Waals surface area (Å²) in [6.07, 6.45) is 5.59. The molecule has 0 saturated carbocycles. The molecule has 2 aromatic heterocycles. The van der Waals surface area contributed by atoms with Gasteiger partial charge >= 0.3 is 0 Å². The fraction of sp³-hybridized carbons (Fsp3) is 0.579. The summed E-state index contributed by atoms with van der Waals surface area (Å²) in [7, 11) is 1.80. The average Bonchev–Trinajstić information content (AvgIpc) is 3.29. The summed E-state index contributed by atoms with van der Waals surface area (Å²) in [6.45, 7) is 7.86. The van der Waals surface area contributed by atoms with Crippen LogP contribution in [0.15, 0.2) is 27.8 Å². The number of nitrogens with one attached hydrogen (secondary N) is 2. The molecule has 0 aliphatic carbocycles. The van der Waals surface area contributed by atoms with Gasteiger partial charge in [0.05, 0.1) is 24.5 Å². The first-order valence-electron chi connectivity index (χ1n) is 9.32. The van der Waals surface area contributed by atoms with Gasteiger partial charge in [0, 0.05) is 18.5 Å². The Balaban J connectivity index is 0.00000261. The van der Waals surface area contributed by atoms with Gasteiger partial charge in [0.2, 0.25) is 0 Å². The van der Waals surface area contributed by atoms with Crippen molar-refractivity contribution in [3.05, 3.63) is 39.7 Å². The lowest BCUT2D eigenvalue weighted by atomic mass is 10.1. The highest BCUT2D eigenvalue weighted by Crippen LogP contribution is 2.24. The van der Waals surface area contributed by atoms with Gasteiger partial charge in [-0.1, -0.05) is 6.42 Å². The standard InChI is InChI=1S/C19H29N5OS.HI/c1-14-15(2)26-18(23-14)13-22-19(20-3)21-12-16(17-8-7-11-25-17)24-9-5-4-6-10-24;/h7-8,11,16H,4-6,9-10,12-13H2,1-3H3,(H2,20,21,22);1H. The van der Waals surface area contributed by atoms with Crippen LogP contribution in [0.2, 0.25) is 0 Å². The molecule has 0 radical (unpaired) electrons. The highest BCUT2D eigenvalue weighted by Gasteiger charge is 2.24. The molecule has 0 amide bonds. The van der Waals surface area contributed by atoms with Crippen molar-refractivity contribution in [1.82, 2.24) is 20.5 Å². The third kappa shape index (κ3) is 6.18. The summed E-state index contributed by atoms with van der Waals surface area (Å²) in [6, 6.07) is 4.26. The number of rotatable bonds is 6. The fourth-order valence-corrected chi connectivity index (χ4v) is 4.18. The van der Waals surface area contributed by atoms with Gasteiger partial charge in [0.25, 0.3) is 0 Å². The summed E-state index contributed by atoms with van der Waals surface area (Å²) in [5.74, 6) is 1.81. The number of guanidine groups is 1. The molecule has 0 aromatic carbocycles. The van der Waals surface area contributed by atoms with Crippen LogP contribution in [-0.2, 0) is 6.54 Å². The second-order valence-electron chi connectivity index (χ2n) is 6.68. The van der Waals surface area contributed by atoms with Crippen molar-refractivity contribution in [2.24, 2.45) is 4.99 Å². The quantitative estimate of drug-likeness (QED) is 0.356. The van der Waals surface area contributed by atoms with Crippen molar-refractivity contribution in [3.63, 3.8) is 0 Å². The van der Waals surface area contributed by atoms with E-state index >= 15 is 0 Å². The monoisotopic (exact) mass is 503 g/mol. The number of nitrogens with zero attached hydrogens (tertiary/aromatic N) is 3. The third-order valence-corrected chi connectivity index (χ3v) is 5.94. The highest BCUT2D eigenvalue weighted by molar-refractivity contribution is 14.0. The number of aromatic nitrogens is 1. The number of furan rings is 1. The van der Waals surface area contributed by atoms with Gasteiger partial charge in [-0.15, -0.1) is 35.3 Å². The van der Waals surface area contributed by atoms with E-state index in [2.05, 4.69) is 45.4 Å². The molecule has 6 nitrogen and oxygen atoms in total. The van der Waals surface area contributed by atoms with Crippen LogP contribution >= 0.6 is 35.3 Å². The van der Waals surface area contributed by atoms with Crippen LogP contribution in [0, 0.1) is 13.8 Å². The zero-order valence-electron chi connectivity index (χ0n) is 16.3. The van der Waals surface area contributed by atoms with Gasteiger partial charge in [-0.05, 0) is 51.9 Å². The van der Waals surface area contributed by atoms with Gasteiger partial charge in [-0.25, -0.2) is 4.98 Å². The van der Waals surface area contributed by atoms with Crippen LogP contribution in [0.25, 0.3) is 0 Å². The molecule has 2 aromatic rings. The van der Waals surface area contributed by atoms with E-state index in [9.17, 15) is 0 Å². The number of aryl methyl sites for hydroxylation is 2. The largest absolute Gasteiger partial charge is 0.468 e. The molecule has 3 heterocycles. The molecule has 0 bridgehead atoms. The number of likely N-dealkylation sites (tertiary alicyclic amines) is 1. The summed E-state index contributed by atoms with van der Waals surface area (Å²) in [4.78, 5) is 12.7. The van der Waals surface area contributed by atoms with Crippen molar-refractivity contribution < 1.29 is 4.42 Å². The van der Waals surface area contributed by atoms with Gasteiger partial charge in [-0.3, -0.25) is 9.89 Å². The molecule has 1 unspecified atom stereocenters. The maximum atomic E-state index is 5.71. The van der Waals surface area contributed by atoms with Crippen molar-refractivity contribution in [3.8, 4) is 0 Å². The molecule has 1 aliphatic heterocycles. The molecule has 27 heavy (non-hydrogen) atoms. The SMILES string of the molecule is CN=C(NCc1nc(C)c(C)s1)NCC(c1ccco1)N1CCCCC1.I. The molecular formula is C19H30IN5OS. The Morgan fingerprint density at radius 2 is 2.07 bits per heavy atom. The second kappa shape index (κ2) is 11.0. The molecular weight excluding hydrogens is 473 g/mol. The number of thiazole rings is 1. The highest BCUT2D eigenvalue weighted by atomic mass is 127. The number of piperidine rings is 1. The maximum Gasteiger partial charge on any atom is 0.191 e. The number of hydrogen-bond acceptors (Lipinski definition) is 5. The minimum Gasteiger partial charge on any atom is -0.468 e. The smallest absolute Gasteiger partial charge is 0.191 e. The first-order valence-corrected chi connectivity index (χ1v) is 10.1. The van der Waals surface area contributed by atoms with Crippen molar-refractivity contribution >= 4 is 41.3 Å². The Hall–Kier alpha value is -1.13. The van der Waals surface area contributed by atoms with E-state index in [1.807, 2.05) is 6.07 Å². The van der Waals surface area contributed by atoms with Gasteiger partial charge < -0.3 is 15.1 Å². The maximum absolute atomic E-state index is 5.71. The molecule has 8 heteroatoms. The Bertz CT molecular complexity index is 690. The van der Waals surface area contributed by atoms with E-state index in [-0.39, 0.29) is 30.0 Å². The lowest BCUT2D eigenvalue weighted by Gasteiger charge is -2.33. The predicted molar refractivity (Wildman–Crippen MR) is 122 cm³/mol. The average molecular weight is 503 g/mol. The molecule has 1 saturated heterocycles. The van der Waals surface area contributed by atoms with Gasteiger partial charge in [0.15, 0.2) is 5.96 Å². The lowest BCUT2D eigenvalue weighted by molar-refractivity contribution is 0.146. The Kier molecular flexibility index (Phi) is 9.04. The Labute approximate surface area is 182 Å². The predicted octanol–water partition coefficient (Wildman–Crippen LogP) is 3.86. The van der Waals surface area contributed by atoms with Crippen molar-refractivity contribution in [2.75, 3.05) is 26.7 Å². The topological polar surface area (TPSA) is 65.7 Å². The normalized spacial score (nSPS) is 16.6. The van der Waals surface area contributed by atoms with E-state index in [1.54, 1.807) is 24.6 Å². The molecule has 0 spiro atoms. The van der Waals surface area contributed by atoms with E-state index < -0.39 is 0 Å². The fourth-order valence-electron chi connectivity index (χ4n) is 3.31. The minimum absolute atomic E-state index is 0. The zero-order chi connectivity index (χ0) is 18.4. The van der Waals surface area contributed by atoms with Crippen LogP contribution < -0.4 is 10.6 Å². The first-order chi connectivity index (χ1) is 12.7. The number of aliphatic imine (C=N–C) groups is 1. The molecule has 1 fully saturated rings. The molecule has 1 aliphatic rings. The molecule has 2 N–H and O–H groups in total. The number of halogens is 1. The summed E-state index contributed by atoms with van der Waals surface area (Å²) >= 11 is 1.73. The summed E-state index contributed by atoms with van der Waals surface area (Å²) in [5, 5.41) is 7.91. The van der Waals surface area contributed by atoms with Crippen molar-refractivity contribution in [2.45, 2.75) is 45.7 Å². The van der Waals surface area contributed by atoms with Gasteiger partial charge in [0.1, 0.15) is 10.8 Å². The van der Waals surface area contributed by atoms with Crippen LogP contribution in [0.4, 0.5) is 0 Å². The van der Waals surface area contributed by atoms with E-state index in [0.717, 1.165) is 42.1 Å². The Morgan fingerprint density at radius 1 is 1.30 bits per heavy atom. The van der Waals surface area contributed by atoms with E-state index in [4.69, 9.17) is 4.42 Å². The van der Waals surface area contributed by atoms with Crippen LogP contribution in [0.1, 0.15) is 46.6 Å². The van der Waals surface area contributed by atoms with Crippen LogP contribution in [-0.4, -0.2) is 42.5 Å². The summed E-state index contributed by atoms with van der Waals surface area (Å²) < 4.78 is 5.71. The summed E-state index contributed by atoms with van der Waals surface area (Å²) in [5.41, 5.74) is 1.11. The molecule has 1 atom stereocenters. The van der Waals surface area contributed by atoms with E-state index in [0.29, 0.717) is 6.54 Å². The lowest BCUT2D eigenvalue weighted by Crippen LogP contribution is -2.44. The first kappa shape index (κ1) is 22.2.